The smallest absolute Gasteiger partial charge is 0.310 e. The Morgan fingerprint density at radius 1 is 1.50 bits per heavy atom. The van der Waals surface area contributed by atoms with Crippen molar-refractivity contribution < 1.29 is 9.53 Å². The Labute approximate surface area is 111 Å². The fraction of sp³-hybridized carbons (Fsp3) is 0.273. The Balaban J connectivity index is 3.26. The first-order valence-corrected chi connectivity index (χ1v) is 6.38. The number of methoxy groups -OCH3 is 1. The van der Waals surface area contributed by atoms with E-state index in [2.05, 4.69) is 42.7 Å². The summed E-state index contributed by atoms with van der Waals surface area (Å²) in [5.41, 5.74) is 2.12. The molecule has 0 spiro atoms. The Morgan fingerprint density at radius 3 is 2.69 bits per heavy atom. The molecule has 0 N–H and O–H groups in total. The van der Waals surface area contributed by atoms with Crippen LogP contribution in [0.3, 0.4) is 0 Å². The van der Waals surface area contributed by atoms with Crippen molar-refractivity contribution in [1.82, 2.24) is 0 Å². The van der Waals surface area contributed by atoms with E-state index in [9.17, 15) is 4.79 Å². The maximum atomic E-state index is 11.3. The van der Waals surface area contributed by atoms with Gasteiger partial charge in [0.25, 0.3) is 0 Å². The summed E-state index contributed by atoms with van der Waals surface area (Å²) in [5, 5.41) is 9.56. The molecule has 3 nitrogen and oxygen atoms in total. The van der Waals surface area contributed by atoms with Crippen LogP contribution in [-0.4, -0.2) is 13.1 Å². The molecule has 84 valence electrons. The van der Waals surface area contributed by atoms with E-state index in [1.807, 2.05) is 0 Å². The van der Waals surface area contributed by atoms with E-state index in [0.717, 1.165) is 10.0 Å². The summed E-state index contributed by atoms with van der Waals surface area (Å²) in [6, 6.07) is 5.57. The molecule has 0 radical (unpaired) electrons. The summed E-state index contributed by atoms with van der Waals surface area (Å²) in [5.74, 6) is -0.350. The first kappa shape index (κ1) is 13.2. The van der Waals surface area contributed by atoms with Crippen LogP contribution in [0.2, 0.25) is 0 Å². The van der Waals surface area contributed by atoms with Crippen LogP contribution in [0.1, 0.15) is 16.7 Å². The lowest BCUT2D eigenvalue weighted by Gasteiger charge is -2.10. The van der Waals surface area contributed by atoms with E-state index < -0.39 is 0 Å². The second kappa shape index (κ2) is 6.02. The molecule has 0 aliphatic heterocycles. The van der Waals surface area contributed by atoms with Gasteiger partial charge in [0, 0.05) is 9.80 Å². The maximum absolute atomic E-state index is 11.3. The second-order valence-corrected chi connectivity index (χ2v) is 4.47. The lowest BCUT2D eigenvalue weighted by molar-refractivity contribution is -0.139. The molecule has 0 saturated carbocycles. The average Bonchev–Trinajstić information content (AvgIpc) is 2.29. The van der Waals surface area contributed by atoms with Gasteiger partial charge in [-0.1, -0.05) is 31.9 Å². The van der Waals surface area contributed by atoms with Crippen molar-refractivity contribution in [3.05, 3.63) is 33.3 Å². The minimum atomic E-state index is -0.350. The summed E-state index contributed by atoms with van der Waals surface area (Å²) in [6.07, 6.45) is 0.111. The summed E-state index contributed by atoms with van der Waals surface area (Å²) in [7, 11) is 1.33. The van der Waals surface area contributed by atoms with Crippen molar-refractivity contribution in [1.29, 1.82) is 5.26 Å². The molecule has 0 aliphatic carbocycles. The molecule has 5 heteroatoms. The van der Waals surface area contributed by atoms with Gasteiger partial charge in [-0.25, -0.2) is 0 Å². The summed E-state index contributed by atoms with van der Waals surface area (Å²) in [6.45, 7) is 0. The molecule has 1 aromatic rings. The van der Waals surface area contributed by atoms with E-state index >= 15 is 0 Å². The van der Waals surface area contributed by atoms with Gasteiger partial charge in [-0.05, 0) is 23.3 Å². The van der Waals surface area contributed by atoms with Gasteiger partial charge < -0.3 is 4.74 Å². The lowest BCUT2D eigenvalue weighted by atomic mass is 10.00. The zero-order chi connectivity index (χ0) is 12.1. The van der Waals surface area contributed by atoms with E-state index in [4.69, 9.17) is 5.26 Å². The van der Waals surface area contributed by atoms with Gasteiger partial charge >= 0.3 is 5.97 Å². The number of hydrogen-bond donors (Lipinski definition) is 0. The van der Waals surface area contributed by atoms with Crippen molar-refractivity contribution in [3.63, 3.8) is 0 Å². The van der Waals surface area contributed by atoms with Crippen LogP contribution < -0.4 is 0 Å². The quantitative estimate of drug-likeness (QED) is 0.624. The number of ether oxygens (including phenoxy) is 1. The highest BCUT2D eigenvalue weighted by molar-refractivity contribution is 9.10. The highest BCUT2D eigenvalue weighted by Crippen LogP contribution is 2.26. The molecule has 1 rings (SSSR count). The molecule has 0 amide bonds. The monoisotopic (exact) mass is 345 g/mol. The molecule has 0 heterocycles. The van der Waals surface area contributed by atoms with E-state index in [1.54, 1.807) is 12.1 Å². The molecule has 1 aromatic carbocycles. The van der Waals surface area contributed by atoms with Crippen LogP contribution in [0.4, 0.5) is 0 Å². The third kappa shape index (κ3) is 2.83. The zero-order valence-electron chi connectivity index (χ0n) is 8.59. The van der Waals surface area contributed by atoms with E-state index in [0.29, 0.717) is 16.5 Å². The van der Waals surface area contributed by atoms with Crippen molar-refractivity contribution in [2.24, 2.45) is 0 Å². The van der Waals surface area contributed by atoms with E-state index in [-0.39, 0.29) is 12.4 Å². The van der Waals surface area contributed by atoms with Gasteiger partial charge in [-0.3, -0.25) is 4.79 Å². The number of nitrogens with zero attached hydrogens (tertiary/aromatic N) is 1. The predicted molar refractivity (Wildman–Crippen MR) is 67.2 cm³/mol. The SMILES string of the molecule is COC(=O)Cc1c(C#N)ccc(Br)c1CBr. The zero-order valence-corrected chi connectivity index (χ0v) is 11.8. The Hall–Kier alpha value is -0.860. The number of rotatable bonds is 3. The number of carbonyl (C=O) groups is 1. The Morgan fingerprint density at radius 2 is 2.19 bits per heavy atom. The molecular formula is C11H9Br2NO2. The third-order valence-electron chi connectivity index (χ3n) is 2.18. The predicted octanol–water partition coefficient (Wildman–Crippen LogP) is 2.93. The fourth-order valence-electron chi connectivity index (χ4n) is 1.33. The number of alkyl halides is 1. The van der Waals surface area contributed by atoms with Crippen LogP contribution in [-0.2, 0) is 21.3 Å². The topological polar surface area (TPSA) is 50.1 Å². The number of esters is 1. The van der Waals surface area contributed by atoms with Crippen molar-refractivity contribution in [3.8, 4) is 6.07 Å². The normalized spacial score (nSPS) is 9.62. The molecular weight excluding hydrogens is 338 g/mol. The van der Waals surface area contributed by atoms with Gasteiger partial charge in [0.15, 0.2) is 0 Å². The molecule has 0 fully saturated rings. The molecule has 0 atom stereocenters. The largest absolute Gasteiger partial charge is 0.469 e. The van der Waals surface area contributed by atoms with Crippen molar-refractivity contribution in [2.75, 3.05) is 7.11 Å². The Bertz CT molecular complexity index is 452. The number of nitriles is 1. The highest BCUT2D eigenvalue weighted by atomic mass is 79.9. The maximum Gasteiger partial charge on any atom is 0.310 e. The Kier molecular flexibility index (Phi) is 4.97. The summed E-state index contributed by atoms with van der Waals surface area (Å²) in [4.78, 5) is 11.3. The summed E-state index contributed by atoms with van der Waals surface area (Å²) >= 11 is 6.73. The number of halogens is 2. The molecule has 0 unspecified atom stereocenters. The van der Waals surface area contributed by atoms with Crippen molar-refractivity contribution in [2.45, 2.75) is 11.8 Å². The van der Waals surface area contributed by atoms with Crippen LogP contribution >= 0.6 is 31.9 Å². The first-order chi connectivity index (χ1) is 7.63. The van der Waals surface area contributed by atoms with E-state index in [1.165, 1.54) is 7.11 Å². The number of carbonyl (C=O) groups excluding carboxylic acids is 1. The van der Waals surface area contributed by atoms with Crippen LogP contribution in [0.5, 0.6) is 0 Å². The van der Waals surface area contributed by atoms with Gasteiger partial charge in [0.05, 0.1) is 25.2 Å². The molecule has 0 saturated heterocycles. The molecule has 0 aliphatic rings. The molecule has 0 aromatic heterocycles. The minimum absolute atomic E-state index is 0.111. The van der Waals surface area contributed by atoms with Crippen LogP contribution in [0.25, 0.3) is 0 Å². The van der Waals surface area contributed by atoms with Gasteiger partial charge in [-0.2, -0.15) is 5.26 Å². The van der Waals surface area contributed by atoms with Crippen molar-refractivity contribution >= 4 is 37.8 Å². The van der Waals surface area contributed by atoms with Gasteiger partial charge in [-0.15, -0.1) is 0 Å². The average molecular weight is 347 g/mol. The fourth-order valence-corrected chi connectivity index (χ4v) is 2.86. The van der Waals surface area contributed by atoms with Crippen LogP contribution in [0, 0.1) is 11.3 Å². The highest BCUT2D eigenvalue weighted by Gasteiger charge is 2.14. The van der Waals surface area contributed by atoms with Gasteiger partial charge in [0.2, 0.25) is 0 Å². The van der Waals surface area contributed by atoms with Gasteiger partial charge in [0.1, 0.15) is 0 Å². The van der Waals surface area contributed by atoms with Crippen LogP contribution in [0.15, 0.2) is 16.6 Å². The lowest BCUT2D eigenvalue weighted by Crippen LogP contribution is -2.08. The minimum Gasteiger partial charge on any atom is -0.469 e. The molecule has 0 bridgehead atoms. The summed E-state index contributed by atoms with van der Waals surface area (Å²) < 4.78 is 5.49. The number of benzene rings is 1. The second-order valence-electron chi connectivity index (χ2n) is 3.05. The standard InChI is InChI=1S/C11H9Br2NO2/c1-16-11(15)4-8-7(6-14)2-3-10(13)9(8)5-12/h2-3H,4-5H2,1H3. The number of hydrogen-bond acceptors (Lipinski definition) is 3. The third-order valence-corrected chi connectivity index (χ3v) is 3.48. The molecule has 16 heavy (non-hydrogen) atoms. The first-order valence-electron chi connectivity index (χ1n) is 4.47.